The summed E-state index contributed by atoms with van der Waals surface area (Å²) < 4.78 is 40.2. The van der Waals surface area contributed by atoms with Gasteiger partial charge >= 0.3 is 6.18 Å². The lowest BCUT2D eigenvalue weighted by Crippen LogP contribution is -2.13. The maximum atomic E-state index is 12.9. The maximum Gasteiger partial charge on any atom is 0.417 e. The second-order valence-electron chi connectivity index (χ2n) is 4.00. The zero-order valence-corrected chi connectivity index (χ0v) is 9.90. The molecule has 1 aromatic carbocycles. The topological polar surface area (TPSA) is 60.9 Å². The molecular formula is C12H10F3N3O. The SMILES string of the molecule is Cn1ccc(-c2cc(C(N)=O)ccc2C(F)(F)F)n1. The molecule has 0 saturated heterocycles. The van der Waals surface area contributed by atoms with E-state index in [-0.39, 0.29) is 16.8 Å². The number of amides is 1. The minimum atomic E-state index is -4.52. The summed E-state index contributed by atoms with van der Waals surface area (Å²) in [4.78, 5) is 11.1. The van der Waals surface area contributed by atoms with Crippen LogP contribution in [0, 0.1) is 0 Å². The molecule has 19 heavy (non-hydrogen) atoms. The highest BCUT2D eigenvalue weighted by Crippen LogP contribution is 2.36. The van der Waals surface area contributed by atoms with Crippen LogP contribution in [0.25, 0.3) is 11.3 Å². The van der Waals surface area contributed by atoms with Crippen LogP contribution in [0.4, 0.5) is 13.2 Å². The Morgan fingerprint density at radius 3 is 2.47 bits per heavy atom. The molecular weight excluding hydrogens is 259 g/mol. The standard InChI is InChI=1S/C12H10F3N3O/c1-18-5-4-10(17-18)8-6-7(11(16)19)2-3-9(8)12(13,14)15/h2-6H,1H3,(H2,16,19). The van der Waals surface area contributed by atoms with Crippen LogP contribution < -0.4 is 5.73 Å². The summed E-state index contributed by atoms with van der Waals surface area (Å²) in [7, 11) is 1.59. The van der Waals surface area contributed by atoms with Crippen LogP contribution in [0.3, 0.4) is 0 Å². The highest BCUT2D eigenvalue weighted by molar-refractivity contribution is 5.94. The van der Waals surface area contributed by atoms with Crippen molar-refractivity contribution in [1.82, 2.24) is 9.78 Å². The minimum Gasteiger partial charge on any atom is -0.366 e. The Balaban J connectivity index is 2.66. The maximum absolute atomic E-state index is 12.9. The van der Waals surface area contributed by atoms with Gasteiger partial charge in [-0.25, -0.2) is 0 Å². The molecule has 2 rings (SSSR count). The lowest BCUT2D eigenvalue weighted by Gasteiger charge is -2.12. The van der Waals surface area contributed by atoms with E-state index < -0.39 is 17.6 Å². The van der Waals surface area contributed by atoms with Crippen LogP contribution in [-0.4, -0.2) is 15.7 Å². The second kappa shape index (κ2) is 4.42. The van der Waals surface area contributed by atoms with Crippen LogP contribution in [0.15, 0.2) is 30.5 Å². The van der Waals surface area contributed by atoms with Crippen LogP contribution in [0.5, 0.6) is 0 Å². The van der Waals surface area contributed by atoms with E-state index in [1.54, 1.807) is 7.05 Å². The molecule has 1 aromatic heterocycles. The fourth-order valence-corrected chi connectivity index (χ4v) is 1.72. The van der Waals surface area contributed by atoms with E-state index in [0.29, 0.717) is 0 Å². The van der Waals surface area contributed by atoms with Crippen molar-refractivity contribution in [3.63, 3.8) is 0 Å². The van der Waals surface area contributed by atoms with E-state index in [1.165, 1.54) is 16.9 Å². The van der Waals surface area contributed by atoms with Gasteiger partial charge in [0.05, 0.1) is 11.3 Å². The number of alkyl halides is 3. The number of nitrogens with two attached hydrogens (primary N) is 1. The van der Waals surface area contributed by atoms with E-state index in [1.807, 2.05) is 0 Å². The smallest absolute Gasteiger partial charge is 0.366 e. The highest BCUT2D eigenvalue weighted by Gasteiger charge is 2.34. The van der Waals surface area contributed by atoms with Gasteiger partial charge in [-0.15, -0.1) is 0 Å². The van der Waals surface area contributed by atoms with Crippen molar-refractivity contribution in [3.05, 3.63) is 41.6 Å². The molecule has 0 aliphatic rings. The van der Waals surface area contributed by atoms with Gasteiger partial charge in [-0.1, -0.05) is 0 Å². The largest absolute Gasteiger partial charge is 0.417 e. The summed E-state index contributed by atoms with van der Waals surface area (Å²) >= 11 is 0. The summed E-state index contributed by atoms with van der Waals surface area (Å²) in [5.74, 6) is -0.786. The summed E-state index contributed by atoms with van der Waals surface area (Å²) in [5.41, 5.74) is 4.21. The van der Waals surface area contributed by atoms with E-state index in [0.717, 1.165) is 18.2 Å². The van der Waals surface area contributed by atoms with Gasteiger partial charge < -0.3 is 5.73 Å². The Kier molecular flexibility index (Phi) is 3.05. The molecule has 1 amide bonds. The number of hydrogen-bond donors (Lipinski definition) is 1. The Bertz CT molecular complexity index is 631. The Morgan fingerprint density at radius 2 is 2.00 bits per heavy atom. The van der Waals surface area contributed by atoms with Crippen molar-refractivity contribution in [1.29, 1.82) is 0 Å². The second-order valence-corrected chi connectivity index (χ2v) is 4.00. The van der Waals surface area contributed by atoms with Crippen LogP contribution >= 0.6 is 0 Å². The number of halogens is 3. The fraction of sp³-hybridized carbons (Fsp3) is 0.167. The molecule has 1 heterocycles. The molecule has 4 nitrogen and oxygen atoms in total. The molecule has 0 radical (unpaired) electrons. The van der Waals surface area contributed by atoms with Crippen molar-refractivity contribution >= 4 is 5.91 Å². The number of rotatable bonds is 2. The Morgan fingerprint density at radius 1 is 1.32 bits per heavy atom. The number of benzene rings is 1. The van der Waals surface area contributed by atoms with E-state index in [4.69, 9.17) is 5.73 Å². The number of nitrogens with zero attached hydrogens (tertiary/aromatic N) is 2. The fourth-order valence-electron chi connectivity index (χ4n) is 1.72. The molecule has 0 atom stereocenters. The van der Waals surface area contributed by atoms with E-state index in [9.17, 15) is 18.0 Å². The van der Waals surface area contributed by atoms with Crippen LogP contribution in [0.2, 0.25) is 0 Å². The first-order valence-electron chi connectivity index (χ1n) is 5.30. The quantitative estimate of drug-likeness (QED) is 0.908. The molecule has 0 unspecified atom stereocenters. The number of primary amides is 1. The molecule has 0 aliphatic heterocycles. The van der Waals surface area contributed by atoms with Crippen molar-refractivity contribution in [3.8, 4) is 11.3 Å². The summed E-state index contributed by atoms with van der Waals surface area (Å²) in [6, 6.07) is 4.44. The van der Waals surface area contributed by atoms with Crippen molar-refractivity contribution in [2.45, 2.75) is 6.18 Å². The molecule has 0 aliphatic carbocycles. The summed E-state index contributed by atoms with van der Waals surface area (Å²) in [6.45, 7) is 0. The molecule has 2 N–H and O–H groups in total. The average molecular weight is 269 g/mol. The van der Waals surface area contributed by atoms with Crippen LogP contribution in [0.1, 0.15) is 15.9 Å². The Labute approximate surface area is 106 Å². The number of aromatic nitrogens is 2. The van der Waals surface area contributed by atoms with Gasteiger partial charge in [-0.3, -0.25) is 9.48 Å². The highest BCUT2D eigenvalue weighted by atomic mass is 19.4. The zero-order valence-electron chi connectivity index (χ0n) is 9.90. The number of carbonyl (C=O) groups excluding carboxylic acids is 1. The Hall–Kier alpha value is -2.31. The predicted molar refractivity (Wildman–Crippen MR) is 62.2 cm³/mol. The van der Waals surface area contributed by atoms with Gasteiger partial charge in [0.15, 0.2) is 0 Å². The molecule has 0 fully saturated rings. The first-order chi connectivity index (χ1) is 8.79. The van der Waals surface area contributed by atoms with Gasteiger partial charge in [-0.2, -0.15) is 18.3 Å². The molecule has 7 heteroatoms. The first kappa shape index (κ1) is 13.1. The van der Waals surface area contributed by atoms with Gasteiger partial charge in [-0.05, 0) is 24.3 Å². The third kappa shape index (κ3) is 2.59. The predicted octanol–water partition coefficient (Wildman–Crippen LogP) is 2.20. The van der Waals surface area contributed by atoms with E-state index >= 15 is 0 Å². The average Bonchev–Trinajstić information content (AvgIpc) is 2.73. The summed E-state index contributed by atoms with van der Waals surface area (Å²) in [6.07, 6.45) is -3.00. The molecule has 100 valence electrons. The molecule has 0 spiro atoms. The van der Waals surface area contributed by atoms with Gasteiger partial charge in [0, 0.05) is 24.4 Å². The molecule has 2 aromatic rings. The third-order valence-corrected chi connectivity index (χ3v) is 2.60. The van der Waals surface area contributed by atoms with Crippen molar-refractivity contribution in [2.75, 3.05) is 0 Å². The lowest BCUT2D eigenvalue weighted by atomic mass is 10.0. The normalized spacial score (nSPS) is 11.6. The van der Waals surface area contributed by atoms with E-state index in [2.05, 4.69) is 5.10 Å². The number of aryl methyl sites for hydroxylation is 1. The van der Waals surface area contributed by atoms with Gasteiger partial charge in [0.1, 0.15) is 0 Å². The zero-order chi connectivity index (χ0) is 14.2. The minimum absolute atomic E-state index is 0.00801. The van der Waals surface area contributed by atoms with Crippen molar-refractivity contribution < 1.29 is 18.0 Å². The number of carbonyl (C=O) groups is 1. The lowest BCUT2D eigenvalue weighted by molar-refractivity contribution is -0.137. The van der Waals surface area contributed by atoms with Crippen molar-refractivity contribution in [2.24, 2.45) is 12.8 Å². The summed E-state index contributed by atoms with van der Waals surface area (Å²) in [5, 5.41) is 3.92. The first-order valence-corrected chi connectivity index (χ1v) is 5.30. The van der Waals surface area contributed by atoms with Gasteiger partial charge in [0.25, 0.3) is 0 Å². The molecule has 0 bridgehead atoms. The number of hydrogen-bond acceptors (Lipinski definition) is 2. The van der Waals surface area contributed by atoms with Crippen LogP contribution in [-0.2, 0) is 13.2 Å². The van der Waals surface area contributed by atoms with Gasteiger partial charge in [0.2, 0.25) is 5.91 Å². The molecule has 0 saturated carbocycles. The monoisotopic (exact) mass is 269 g/mol. The third-order valence-electron chi connectivity index (χ3n) is 2.60.